The van der Waals surface area contributed by atoms with Crippen molar-refractivity contribution in [2.45, 2.75) is 64.0 Å². The number of carbonyl (C=O) groups excluding carboxylic acids is 2. The molecule has 1 aliphatic heterocycles. The average molecular weight is 570 g/mol. The van der Waals surface area contributed by atoms with E-state index in [0.717, 1.165) is 43.0 Å². The van der Waals surface area contributed by atoms with E-state index in [2.05, 4.69) is 18.4 Å². The normalized spacial score (nSPS) is 15.9. The number of hydrogen-bond donors (Lipinski definition) is 0. The first kappa shape index (κ1) is 31.6. The zero-order valence-corrected chi connectivity index (χ0v) is 25.0. The molecule has 0 radical (unpaired) electrons. The first-order valence-corrected chi connectivity index (χ1v) is 14.0. The Balaban J connectivity index is 1.72. The van der Waals surface area contributed by atoms with Crippen LogP contribution in [0.3, 0.4) is 0 Å². The highest BCUT2D eigenvalue weighted by atomic mass is 16.5. The molecule has 0 unspecified atom stereocenters. The summed E-state index contributed by atoms with van der Waals surface area (Å²) in [6.45, 7) is 6.86. The molecular formula is C32H43NO8. The molecule has 0 aromatic heterocycles. The Kier molecular flexibility index (Phi) is 11.7. The molecule has 1 atom stereocenters. The molecule has 224 valence electrons. The Hall–Kier alpha value is -3.88. The number of benzene rings is 2. The van der Waals surface area contributed by atoms with Crippen LogP contribution in [0.4, 0.5) is 5.69 Å². The standard InChI is InChI=1S/C32H43NO8/c1-7-30(34)40-17-9-8-10-18-41-31(35)14-16-32(2)15-13-24-20-28(38-5)29(39-6)21-25(24)33(32)22-23-11-12-26(36-3)27(19-23)37-4/h7,11-12,19-21H,1,8-10,13-18,22H2,2-6H3/t32-/m1/s1. The molecule has 0 N–H and O–H groups in total. The van der Waals surface area contributed by atoms with Gasteiger partial charge in [-0.05, 0) is 74.8 Å². The molecule has 0 spiro atoms. The maximum absolute atomic E-state index is 12.7. The van der Waals surface area contributed by atoms with Gasteiger partial charge in [0.15, 0.2) is 23.0 Å². The maximum atomic E-state index is 12.7. The van der Waals surface area contributed by atoms with Crippen molar-refractivity contribution >= 4 is 17.6 Å². The van der Waals surface area contributed by atoms with Gasteiger partial charge in [-0.25, -0.2) is 4.79 Å². The lowest BCUT2D eigenvalue weighted by atomic mass is 9.81. The van der Waals surface area contributed by atoms with Gasteiger partial charge in [-0.2, -0.15) is 0 Å². The van der Waals surface area contributed by atoms with E-state index in [1.165, 1.54) is 5.56 Å². The molecule has 1 aliphatic rings. The number of fused-ring (bicyclic) bond motifs is 1. The Morgan fingerprint density at radius 3 is 2.17 bits per heavy atom. The first-order chi connectivity index (χ1) is 19.8. The van der Waals surface area contributed by atoms with Crippen molar-refractivity contribution in [3.8, 4) is 23.0 Å². The molecule has 9 heteroatoms. The van der Waals surface area contributed by atoms with Crippen LogP contribution in [0, 0.1) is 0 Å². The van der Waals surface area contributed by atoms with Crippen LogP contribution in [-0.4, -0.2) is 59.1 Å². The number of methoxy groups -OCH3 is 4. The van der Waals surface area contributed by atoms with Gasteiger partial charge in [0, 0.05) is 36.3 Å². The number of rotatable bonds is 16. The van der Waals surface area contributed by atoms with Crippen molar-refractivity contribution in [2.24, 2.45) is 0 Å². The summed E-state index contributed by atoms with van der Waals surface area (Å²) in [5.41, 5.74) is 2.96. The molecule has 0 saturated carbocycles. The minimum atomic E-state index is -0.423. The molecule has 41 heavy (non-hydrogen) atoms. The monoisotopic (exact) mass is 569 g/mol. The number of ether oxygens (including phenoxy) is 6. The van der Waals surface area contributed by atoms with Gasteiger partial charge in [0.1, 0.15) is 0 Å². The van der Waals surface area contributed by atoms with E-state index in [0.29, 0.717) is 62.0 Å². The molecule has 0 bridgehead atoms. The first-order valence-electron chi connectivity index (χ1n) is 14.0. The third kappa shape index (κ3) is 8.31. The molecule has 1 heterocycles. The van der Waals surface area contributed by atoms with Crippen molar-refractivity contribution in [3.05, 3.63) is 54.1 Å². The number of anilines is 1. The number of hydrogen-bond acceptors (Lipinski definition) is 9. The van der Waals surface area contributed by atoms with Gasteiger partial charge in [-0.1, -0.05) is 12.6 Å². The molecule has 2 aromatic carbocycles. The van der Waals surface area contributed by atoms with Crippen molar-refractivity contribution in [2.75, 3.05) is 46.6 Å². The summed E-state index contributed by atoms with van der Waals surface area (Å²) in [6, 6.07) is 10.00. The molecule has 0 saturated heterocycles. The molecule has 0 aliphatic carbocycles. The fourth-order valence-electron chi connectivity index (χ4n) is 5.13. The van der Waals surface area contributed by atoms with Crippen molar-refractivity contribution < 1.29 is 38.0 Å². The van der Waals surface area contributed by atoms with Gasteiger partial charge in [-0.3, -0.25) is 4.79 Å². The van der Waals surface area contributed by atoms with E-state index in [1.54, 1.807) is 28.4 Å². The predicted octanol–water partition coefficient (Wildman–Crippen LogP) is 5.66. The van der Waals surface area contributed by atoms with Crippen LogP contribution in [0.25, 0.3) is 0 Å². The third-order valence-corrected chi connectivity index (χ3v) is 7.58. The van der Waals surface area contributed by atoms with E-state index in [4.69, 9.17) is 28.4 Å². The van der Waals surface area contributed by atoms with Crippen LogP contribution in [-0.2, 0) is 32.0 Å². The summed E-state index contributed by atoms with van der Waals surface area (Å²) in [4.78, 5) is 26.2. The third-order valence-electron chi connectivity index (χ3n) is 7.58. The lowest BCUT2D eigenvalue weighted by molar-refractivity contribution is -0.144. The molecule has 2 aromatic rings. The fourth-order valence-corrected chi connectivity index (χ4v) is 5.13. The van der Waals surface area contributed by atoms with E-state index in [9.17, 15) is 9.59 Å². The van der Waals surface area contributed by atoms with Crippen LogP contribution < -0.4 is 23.8 Å². The van der Waals surface area contributed by atoms with Crippen LogP contribution >= 0.6 is 0 Å². The Bertz CT molecular complexity index is 1200. The quantitative estimate of drug-likeness (QED) is 0.144. The summed E-state index contributed by atoms with van der Waals surface area (Å²) in [5.74, 6) is 2.06. The van der Waals surface area contributed by atoms with Gasteiger partial charge in [0.25, 0.3) is 0 Å². The average Bonchev–Trinajstić information content (AvgIpc) is 3.00. The number of unbranched alkanes of at least 4 members (excludes halogenated alkanes) is 2. The lowest BCUT2D eigenvalue weighted by Crippen LogP contribution is -2.49. The van der Waals surface area contributed by atoms with E-state index in [1.807, 2.05) is 30.3 Å². The predicted molar refractivity (Wildman–Crippen MR) is 157 cm³/mol. The lowest BCUT2D eigenvalue weighted by Gasteiger charge is -2.48. The highest BCUT2D eigenvalue weighted by molar-refractivity contribution is 5.81. The Morgan fingerprint density at radius 1 is 0.878 bits per heavy atom. The van der Waals surface area contributed by atoms with E-state index >= 15 is 0 Å². The molecule has 0 amide bonds. The summed E-state index contributed by atoms with van der Waals surface area (Å²) in [6.07, 6.45) is 6.03. The molecule has 0 fully saturated rings. The smallest absolute Gasteiger partial charge is 0.330 e. The number of aryl methyl sites for hydroxylation is 1. The van der Waals surface area contributed by atoms with Crippen LogP contribution in [0.2, 0.25) is 0 Å². The van der Waals surface area contributed by atoms with Gasteiger partial charge < -0.3 is 33.3 Å². The van der Waals surface area contributed by atoms with E-state index in [-0.39, 0.29) is 11.5 Å². The number of esters is 2. The zero-order valence-electron chi connectivity index (χ0n) is 25.0. The summed E-state index contributed by atoms with van der Waals surface area (Å²) in [7, 11) is 6.52. The topological polar surface area (TPSA) is 92.8 Å². The van der Waals surface area contributed by atoms with Crippen LogP contribution in [0.5, 0.6) is 23.0 Å². The van der Waals surface area contributed by atoms with Crippen molar-refractivity contribution in [3.63, 3.8) is 0 Å². The highest BCUT2D eigenvalue weighted by Gasteiger charge is 2.38. The van der Waals surface area contributed by atoms with Crippen LogP contribution in [0.15, 0.2) is 43.0 Å². The molecule has 9 nitrogen and oxygen atoms in total. The van der Waals surface area contributed by atoms with Crippen molar-refractivity contribution in [1.82, 2.24) is 0 Å². The largest absolute Gasteiger partial charge is 0.493 e. The minimum absolute atomic E-state index is 0.214. The second-order valence-corrected chi connectivity index (χ2v) is 10.3. The number of carbonyl (C=O) groups is 2. The number of nitrogens with zero attached hydrogens (tertiary/aromatic N) is 1. The summed E-state index contributed by atoms with van der Waals surface area (Å²) >= 11 is 0. The summed E-state index contributed by atoms with van der Waals surface area (Å²) < 4.78 is 32.7. The summed E-state index contributed by atoms with van der Waals surface area (Å²) in [5, 5.41) is 0. The molecular weight excluding hydrogens is 526 g/mol. The SMILES string of the molecule is C=CC(=O)OCCCCCOC(=O)CC[C@@]1(C)CCc2cc(OC)c(OC)cc2N1Cc1ccc(OC)c(OC)c1. The van der Waals surface area contributed by atoms with Crippen LogP contribution in [0.1, 0.15) is 56.6 Å². The van der Waals surface area contributed by atoms with Crippen molar-refractivity contribution in [1.29, 1.82) is 0 Å². The van der Waals surface area contributed by atoms with Gasteiger partial charge in [0.2, 0.25) is 0 Å². The second-order valence-electron chi connectivity index (χ2n) is 10.3. The van der Waals surface area contributed by atoms with Gasteiger partial charge in [0.05, 0.1) is 41.7 Å². The highest BCUT2D eigenvalue weighted by Crippen LogP contribution is 2.45. The maximum Gasteiger partial charge on any atom is 0.330 e. The second kappa shape index (κ2) is 15.2. The fraction of sp³-hybridized carbons (Fsp3) is 0.500. The van der Waals surface area contributed by atoms with E-state index < -0.39 is 5.97 Å². The minimum Gasteiger partial charge on any atom is -0.493 e. The zero-order chi connectivity index (χ0) is 29.8. The van der Waals surface area contributed by atoms with Gasteiger partial charge in [-0.15, -0.1) is 0 Å². The molecule has 3 rings (SSSR count). The van der Waals surface area contributed by atoms with Gasteiger partial charge >= 0.3 is 11.9 Å². The Labute approximate surface area is 243 Å². The Morgan fingerprint density at radius 2 is 1.51 bits per heavy atom.